The van der Waals surface area contributed by atoms with Crippen LogP contribution in [0.4, 0.5) is 19.1 Å². The molecule has 202 valence electrons. The number of sulfonamides is 1. The minimum Gasteiger partial charge on any atom is -0.493 e. The number of carbonyl (C=O) groups is 1. The minimum atomic E-state index is -4.47. The molecule has 1 amide bonds. The van der Waals surface area contributed by atoms with Gasteiger partial charge in [0.25, 0.3) is 15.9 Å². The lowest BCUT2D eigenvalue weighted by atomic mass is 10.00. The smallest absolute Gasteiger partial charge is 0.416 e. The topological polar surface area (TPSA) is 121 Å². The van der Waals surface area contributed by atoms with Crippen LogP contribution in [0.1, 0.15) is 32.6 Å². The maximum Gasteiger partial charge on any atom is 0.416 e. The van der Waals surface area contributed by atoms with Crippen molar-refractivity contribution in [3.63, 3.8) is 0 Å². The minimum absolute atomic E-state index is 0.0119. The normalized spacial score (nSPS) is 11.7. The molecule has 0 aliphatic carbocycles. The lowest BCUT2D eigenvalue weighted by molar-refractivity contribution is -0.137. The number of alkyl halides is 3. The van der Waals surface area contributed by atoms with Gasteiger partial charge in [-0.25, -0.2) is 18.1 Å². The largest absolute Gasteiger partial charge is 0.493 e. The summed E-state index contributed by atoms with van der Waals surface area (Å²) in [7, 11) is -4.26. The van der Waals surface area contributed by atoms with E-state index in [1.807, 2.05) is 32.0 Å². The standard InChI is InChI=1S/C27H23F3N4O4S/c1-16-5-3-6-17(2)24(16)22-14-23(35)33-26(32-22)34-39(37,38)21-8-4-7-19(13-21)25(36)31-15-18-9-11-20(12-10-18)27(28,29)30/h3-14H,15H2,1-2H3,(H,31,36)(H2,32,33,34,35). The Kier molecular flexibility index (Phi) is 7.59. The van der Waals surface area contributed by atoms with Gasteiger partial charge in [0.2, 0.25) is 11.8 Å². The van der Waals surface area contributed by atoms with Gasteiger partial charge in [-0.15, -0.1) is 0 Å². The van der Waals surface area contributed by atoms with Gasteiger partial charge in [-0.05, 0) is 60.9 Å². The van der Waals surface area contributed by atoms with Gasteiger partial charge in [0, 0.05) is 23.7 Å². The number of benzene rings is 3. The Hall–Kier alpha value is -4.45. The monoisotopic (exact) mass is 556 g/mol. The molecule has 0 spiro atoms. The van der Waals surface area contributed by atoms with Gasteiger partial charge in [-0.3, -0.25) is 4.79 Å². The van der Waals surface area contributed by atoms with E-state index < -0.39 is 33.6 Å². The van der Waals surface area contributed by atoms with Crippen molar-refractivity contribution < 1.29 is 31.5 Å². The summed E-state index contributed by atoms with van der Waals surface area (Å²) in [5.41, 5.74) is 2.43. The number of carbonyl (C=O) groups excluding carboxylic acids is 1. The summed E-state index contributed by atoms with van der Waals surface area (Å²) in [6.45, 7) is 3.66. The molecule has 0 fully saturated rings. The second-order valence-corrected chi connectivity index (χ2v) is 10.4. The number of nitrogens with one attached hydrogen (secondary N) is 2. The van der Waals surface area contributed by atoms with Crippen LogP contribution in [0, 0.1) is 13.8 Å². The summed E-state index contributed by atoms with van der Waals surface area (Å²) >= 11 is 0. The average molecular weight is 557 g/mol. The summed E-state index contributed by atoms with van der Waals surface area (Å²) in [6.07, 6.45) is -4.47. The summed E-state index contributed by atoms with van der Waals surface area (Å²) in [4.78, 5) is 20.4. The van der Waals surface area contributed by atoms with Crippen LogP contribution in [-0.2, 0) is 22.7 Å². The highest BCUT2D eigenvalue weighted by Crippen LogP contribution is 2.30. The van der Waals surface area contributed by atoms with Crippen LogP contribution >= 0.6 is 0 Å². The number of amides is 1. The molecule has 1 aromatic heterocycles. The molecular weight excluding hydrogens is 533 g/mol. The molecule has 0 atom stereocenters. The fraction of sp³-hybridized carbons (Fsp3) is 0.148. The zero-order chi connectivity index (χ0) is 28.4. The highest BCUT2D eigenvalue weighted by molar-refractivity contribution is 7.92. The van der Waals surface area contributed by atoms with Gasteiger partial charge in [0.05, 0.1) is 16.2 Å². The fourth-order valence-electron chi connectivity index (χ4n) is 3.91. The van der Waals surface area contributed by atoms with Gasteiger partial charge in [0.15, 0.2) is 0 Å². The zero-order valence-corrected chi connectivity index (χ0v) is 21.6. The van der Waals surface area contributed by atoms with Crippen LogP contribution < -0.4 is 10.0 Å². The number of rotatable bonds is 7. The van der Waals surface area contributed by atoms with Crippen LogP contribution in [0.3, 0.4) is 0 Å². The first kappa shape index (κ1) is 27.6. The van der Waals surface area contributed by atoms with Crippen molar-refractivity contribution in [3.8, 4) is 17.1 Å². The Morgan fingerprint density at radius 1 is 0.923 bits per heavy atom. The van der Waals surface area contributed by atoms with Crippen LogP contribution in [0.15, 0.2) is 77.7 Å². The number of halogens is 3. The SMILES string of the molecule is Cc1cccc(C)c1-c1cc(O)nc(NS(=O)(=O)c2cccc(C(=O)NCc3ccc(C(F)(F)F)cc3)c2)n1. The molecule has 0 saturated heterocycles. The predicted octanol–water partition coefficient (Wildman–Crippen LogP) is 5.22. The number of aromatic nitrogens is 2. The first-order valence-electron chi connectivity index (χ1n) is 11.6. The number of aromatic hydroxyl groups is 1. The predicted molar refractivity (Wildman–Crippen MR) is 138 cm³/mol. The van der Waals surface area contributed by atoms with Crippen molar-refractivity contribution in [3.05, 3.63) is 101 Å². The molecule has 39 heavy (non-hydrogen) atoms. The maximum absolute atomic E-state index is 13.1. The molecule has 0 saturated carbocycles. The lowest BCUT2D eigenvalue weighted by Crippen LogP contribution is -2.23. The van der Waals surface area contributed by atoms with E-state index in [0.717, 1.165) is 34.9 Å². The van der Waals surface area contributed by atoms with Gasteiger partial charge < -0.3 is 10.4 Å². The molecule has 0 bridgehead atoms. The van der Waals surface area contributed by atoms with E-state index in [0.29, 0.717) is 11.3 Å². The Morgan fingerprint density at radius 2 is 1.56 bits per heavy atom. The van der Waals surface area contributed by atoms with Crippen molar-refractivity contribution in [1.29, 1.82) is 0 Å². The Bertz CT molecular complexity index is 1620. The Balaban J connectivity index is 1.51. The summed E-state index contributed by atoms with van der Waals surface area (Å²) in [5, 5.41) is 12.7. The third-order valence-electron chi connectivity index (χ3n) is 5.82. The van der Waals surface area contributed by atoms with E-state index in [2.05, 4.69) is 20.0 Å². The molecule has 3 aromatic carbocycles. The number of hydrogen-bond acceptors (Lipinski definition) is 6. The average Bonchev–Trinajstić information content (AvgIpc) is 2.86. The Morgan fingerprint density at radius 3 is 2.21 bits per heavy atom. The molecule has 0 unspecified atom stereocenters. The molecule has 1 heterocycles. The van der Waals surface area contributed by atoms with Crippen molar-refractivity contribution in [2.24, 2.45) is 0 Å². The van der Waals surface area contributed by atoms with Crippen molar-refractivity contribution in [2.45, 2.75) is 31.5 Å². The molecule has 4 aromatic rings. The summed E-state index contributed by atoms with van der Waals surface area (Å²) in [5.74, 6) is -1.42. The summed E-state index contributed by atoms with van der Waals surface area (Å²) < 4.78 is 66.6. The van der Waals surface area contributed by atoms with Crippen molar-refractivity contribution in [1.82, 2.24) is 15.3 Å². The quantitative estimate of drug-likeness (QED) is 0.287. The van der Waals surface area contributed by atoms with Crippen molar-refractivity contribution >= 4 is 21.9 Å². The van der Waals surface area contributed by atoms with Crippen LogP contribution in [0.25, 0.3) is 11.3 Å². The number of nitrogens with zero attached hydrogens (tertiary/aromatic N) is 2. The molecule has 8 nitrogen and oxygen atoms in total. The summed E-state index contributed by atoms with van der Waals surface area (Å²) in [6, 6.07) is 16.4. The molecule has 3 N–H and O–H groups in total. The third-order valence-corrected chi connectivity index (χ3v) is 7.14. The van der Waals surface area contributed by atoms with E-state index in [1.165, 1.54) is 36.4 Å². The number of anilines is 1. The second-order valence-electron chi connectivity index (χ2n) is 8.71. The zero-order valence-electron chi connectivity index (χ0n) is 20.7. The second kappa shape index (κ2) is 10.7. The molecule has 4 rings (SSSR count). The molecule has 0 radical (unpaired) electrons. The van der Waals surface area contributed by atoms with Crippen LogP contribution in [0.2, 0.25) is 0 Å². The molecule has 0 aliphatic rings. The first-order valence-corrected chi connectivity index (χ1v) is 13.0. The molecular formula is C27H23F3N4O4S. The van der Waals surface area contributed by atoms with Crippen molar-refractivity contribution in [2.75, 3.05) is 4.72 Å². The van der Waals surface area contributed by atoms with E-state index in [1.54, 1.807) is 0 Å². The van der Waals surface area contributed by atoms with Gasteiger partial charge >= 0.3 is 6.18 Å². The van der Waals surface area contributed by atoms with E-state index in [9.17, 15) is 31.5 Å². The van der Waals surface area contributed by atoms with Gasteiger partial charge in [0.1, 0.15) is 0 Å². The third kappa shape index (κ3) is 6.52. The van der Waals surface area contributed by atoms with E-state index >= 15 is 0 Å². The highest BCUT2D eigenvalue weighted by atomic mass is 32.2. The van der Waals surface area contributed by atoms with E-state index in [4.69, 9.17) is 0 Å². The lowest BCUT2D eigenvalue weighted by Gasteiger charge is -2.12. The van der Waals surface area contributed by atoms with Crippen LogP contribution in [0.5, 0.6) is 5.88 Å². The maximum atomic E-state index is 13.1. The van der Waals surface area contributed by atoms with Gasteiger partial charge in [-0.2, -0.15) is 18.2 Å². The number of hydrogen-bond donors (Lipinski definition) is 3. The first-order chi connectivity index (χ1) is 18.3. The Labute approximate surface area is 222 Å². The fourth-order valence-corrected chi connectivity index (χ4v) is 4.90. The molecule has 12 heteroatoms. The van der Waals surface area contributed by atoms with Crippen LogP contribution in [-0.4, -0.2) is 29.4 Å². The highest BCUT2D eigenvalue weighted by Gasteiger charge is 2.30. The van der Waals surface area contributed by atoms with Gasteiger partial charge in [-0.1, -0.05) is 36.4 Å². The molecule has 0 aliphatic heterocycles. The van der Waals surface area contributed by atoms with E-state index in [-0.39, 0.29) is 23.0 Å². The number of aryl methyl sites for hydroxylation is 2.